The van der Waals surface area contributed by atoms with Gasteiger partial charge in [-0.15, -0.1) is 0 Å². The second kappa shape index (κ2) is 4.67. The molecule has 1 aliphatic heterocycles. The number of carbonyl (C=O) groups is 2. The SMILES string of the molecule is CCOC(=O)N1CCC(C2(C(C)=O)CC2)CC1. The molecule has 1 aliphatic carbocycles. The molecule has 1 saturated heterocycles. The van der Waals surface area contributed by atoms with Crippen molar-refractivity contribution in [2.45, 2.75) is 39.5 Å². The Labute approximate surface area is 102 Å². The lowest BCUT2D eigenvalue weighted by Gasteiger charge is -2.34. The molecule has 0 aromatic heterocycles. The lowest BCUT2D eigenvalue weighted by Crippen LogP contribution is -2.41. The van der Waals surface area contributed by atoms with Crippen LogP contribution >= 0.6 is 0 Å². The van der Waals surface area contributed by atoms with Crippen LogP contribution in [0.2, 0.25) is 0 Å². The summed E-state index contributed by atoms with van der Waals surface area (Å²) in [5, 5.41) is 0. The molecule has 2 rings (SSSR count). The predicted octanol–water partition coefficient (Wildman–Crippen LogP) is 2.22. The largest absolute Gasteiger partial charge is 0.450 e. The second-order valence-corrected chi connectivity index (χ2v) is 5.17. The third-order valence-electron chi connectivity index (χ3n) is 4.29. The van der Waals surface area contributed by atoms with Gasteiger partial charge in [-0.05, 0) is 45.4 Å². The maximum Gasteiger partial charge on any atom is 0.409 e. The first-order valence-corrected chi connectivity index (χ1v) is 6.53. The highest BCUT2D eigenvalue weighted by atomic mass is 16.6. The number of amides is 1. The highest BCUT2D eigenvalue weighted by molar-refractivity contribution is 5.85. The van der Waals surface area contributed by atoms with Crippen LogP contribution in [0.4, 0.5) is 4.79 Å². The maximum absolute atomic E-state index is 11.6. The van der Waals surface area contributed by atoms with Crippen LogP contribution in [0.1, 0.15) is 39.5 Å². The molecule has 4 heteroatoms. The number of ether oxygens (including phenoxy) is 1. The van der Waals surface area contributed by atoms with Crippen molar-refractivity contribution < 1.29 is 14.3 Å². The van der Waals surface area contributed by atoms with E-state index in [1.54, 1.807) is 11.8 Å². The number of piperidine rings is 1. The highest BCUT2D eigenvalue weighted by Crippen LogP contribution is 2.55. The molecule has 96 valence electrons. The van der Waals surface area contributed by atoms with Crippen LogP contribution in [-0.2, 0) is 9.53 Å². The zero-order chi connectivity index (χ0) is 12.5. The van der Waals surface area contributed by atoms with E-state index in [4.69, 9.17) is 4.74 Å². The first kappa shape index (κ1) is 12.4. The van der Waals surface area contributed by atoms with Crippen molar-refractivity contribution in [1.29, 1.82) is 0 Å². The average Bonchev–Trinajstić information content (AvgIpc) is 3.11. The third kappa shape index (κ3) is 2.31. The average molecular weight is 239 g/mol. The van der Waals surface area contributed by atoms with Gasteiger partial charge in [0.15, 0.2) is 0 Å². The second-order valence-electron chi connectivity index (χ2n) is 5.17. The Kier molecular flexibility index (Phi) is 3.40. The van der Waals surface area contributed by atoms with Gasteiger partial charge in [-0.3, -0.25) is 4.79 Å². The van der Waals surface area contributed by atoms with Gasteiger partial charge in [-0.1, -0.05) is 0 Å². The minimum Gasteiger partial charge on any atom is -0.450 e. The molecule has 0 atom stereocenters. The van der Waals surface area contributed by atoms with Crippen LogP contribution in [0.25, 0.3) is 0 Å². The number of hydrogen-bond donors (Lipinski definition) is 0. The Balaban J connectivity index is 1.86. The first-order chi connectivity index (χ1) is 8.10. The van der Waals surface area contributed by atoms with Crippen LogP contribution < -0.4 is 0 Å². The molecule has 0 aromatic rings. The number of ketones is 1. The molecule has 0 spiro atoms. The van der Waals surface area contributed by atoms with E-state index < -0.39 is 0 Å². The molecule has 0 aromatic carbocycles. The fraction of sp³-hybridized carbons (Fsp3) is 0.846. The van der Waals surface area contributed by atoms with Gasteiger partial charge in [0.05, 0.1) is 6.61 Å². The number of hydrogen-bond acceptors (Lipinski definition) is 3. The molecular formula is C13H21NO3. The summed E-state index contributed by atoms with van der Waals surface area (Å²) in [5.74, 6) is 0.817. The van der Waals surface area contributed by atoms with Crippen LogP contribution in [-0.4, -0.2) is 36.5 Å². The van der Waals surface area contributed by atoms with E-state index in [-0.39, 0.29) is 11.5 Å². The topological polar surface area (TPSA) is 46.6 Å². The zero-order valence-corrected chi connectivity index (χ0v) is 10.7. The monoisotopic (exact) mass is 239 g/mol. The highest BCUT2D eigenvalue weighted by Gasteiger charge is 2.53. The van der Waals surface area contributed by atoms with Gasteiger partial charge in [0.1, 0.15) is 5.78 Å². The smallest absolute Gasteiger partial charge is 0.409 e. The van der Waals surface area contributed by atoms with E-state index >= 15 is 0 Å². The summed E-state index contributed by atoms with van der Waals surface area (Å²) in [6, 6.07) is 0. The number of likely N-dealkylation sites (tertiary alicyclic amines) is 1. The fourth-order valence-corrected chi connectivity index (χ4v) is 3.01. The van der Waals surface area contributed by atoms with E-state index in [2.05, 4.69) is 0 Å². The Morgan fingerprint density at radius 2 is 1.88 bits per heavy atom. The maximum atomic E-state index is 11.6. The summed E-state index contributed by atoms with van der Waals surface area (Å²) >= 11 is 0. The molecule has 0 radical (unpaired) electrons. The fourth-order valence-electron chi connectivity index (χ4n) is 3.01. The van der Waals surface area contributed by atoms with Crippen molar-refractivity contribution in [3.8, 4) is 0 Å². The summed E-state index contributed by atoms with van der Waals surface area (Å²) in [6.45, 7) is 5.43. The summed E-state index contributed by atoms with van der Waals surface area (Å²) in [5.41, 5.74) is -0.0270. The van der Waals surface area contributed by atoms with Gasteiger partial charge in [-0.2, -0.15) is 0 Å². The van der Waals surface area contributed by atoms with Crippen LogP contribution in [0.15, 0.2) is 0 Å². The quantitative estimate of drug-likeness (QED) is 0.758. The molecule has 1 amide bonds. The summed E-state index contributed by atoms with van der Waals surface area (Å²) < 4.78 is 4.99. The Morgan fingerprint density at radius 3 is 2.29 bits per heavy atom. The van der Waals surface area contributed by atoms with Crippen LogP contribution in [0.5, 0.6) is 0 Å². The van der Waals surface area contributed by atoms with E-state index in [0.29, 0.717) is 18.3 Å². The Morgan fingerprint density at radius 1 is 1.29 bits per heavy atom. The van der Waals surface area contributed by atoms with Crippen molar-refractivity contribution in [3.05, 3.63) is 0 Å². The minimum absolute atomic E-state index is 0.0270. The van der Waals surface area contributed by atoms with Crippen molar-refractivity contribution >= 4 is 11.9 Å². The van der Waals surface area contributed by atoms with E-state index in [1.165, 1.54) is 0 Å². The van der Waals surface area contributed by atoms with Gasteiger partial charge in [0.25, 0.3) is 0 Å². The zero-order valence-electron chi connectivity index (χ0n) is 10.7. The molecule has 1 heterocycles. The molecule has 4 nitrogen and oxygen atoms in total. The molecule has 0 bridgehead atoms. The van der Waals surface area contributed by atoms with Crippen molar-refractivity contribution in [3.63, 3.8) is 0 Å². The van der Waals surface area contributed by atoms with Gasteiger partial charge in [0.2, 0.25) is 0 Å². The molecule has 2 aliphatic rings. The molecule has 0 unspecified atom stereocenters. The van der Waals surface area contributed by atoms with E-state index in [1.807, 2.05) is 6.92 Å². The van der Waals surface area contributed by atoms with Gasteiger partial charge >= 0.3 is 6.09 Å². The molecule has 1 saturated carbocycles. The summed E-state index contributed by atoms with van der Waals surface area (Å²) in [4.78, 5) is 24.9. The molecule has 17 heavy (non-hydrogen) atoms. The molecular weight excluding hydrogens is 218 g/mol. The van der Waals surface area contributed by atoms with Crippen molar-refractivity contribution in [2.24, 2.45) is 11.3 Å². The Hall–Kier alpha value is -1.06. The molecule has 0 N–H and O–H groups in total. The number of carbonyl (C=O) groups excluding carboxylic acids is 2. The van der Waals surface area contributed by atoms with Crippen LogP contribution in [0.3, 0.4) is 0 Å². The number of Topliss-reactive ketones (excluding diaryl/α,β-unsaturated/α-hetero) is 1. The van der Waals surface area contributed by atoms with Crippen molar-refractivity contribution in [2.75, 3.05) is 19.7 Å². The Bertz CT molecular complexity index is 315. The minimum atomic E-state index is -0.210. The summed E-state index contributed by atoms with van der Waals surface area (Å²) in [7, 11) is 0. The lowest BCUT2D eigenvalue weighted by molar-refractivity contribution is -0.124. The first-order valence-electron chi connectivity index (χ1n) is 6.53. The molecule has 2 fully saturated rings. The summed E-state index contributed by atoms with van der Waals surface area (Å²) in [6.07, 6.45) is 3.77. The van der Waals surface area contributed by atoms with Crippen LogP contribution in [0, 0.1) is 11.3 Å². The third-order valence-corrected chi connectivity index (χ3v) is 4.29. The van der Waals surface area contributed by atoms with E-state index in [0.717, 1.165) is 38.8 Å². The predicted molar refractivity (Wildman–Crippen MR) is 63.7 cm³/mol. The van der Waals surface area contributed by atoms with Crippen molar-refractivity contribution in [1.82, 2.24) is 4.90 Å². The normalized spacial score (nSPS) is 23.3. The number of rotatable bonds is 3. The van der Waals surface area contributed by atoms with Gasteiger partial charge < -0.3 is 9.64 Å². The van der Waals surface area contributed by atoms with Gasteiger partial charge in [-0.25, -0.2) is 4.79 Å². The van der Waals surface area contributed by atoms with E-state index in [9.17, 15) is 9.59 Å². The lowest BCUT2D eigenvalue weighted by atomic mass is 9.79. The number of nitrogens with zero attached hydrogens (tertiary/aromatic N) is 1. The standard InChI is InChI=1S/C13H21NO3/c1-3-17-12(16)14-8-4-11(5-9-14)13(6-7-13)10(2)15/h11H,3-9H2,1-2H3. The van der Waals surface area contributed by atoms with Gasteiger partial charge in [0, 0.05) is 18.5 Å².